The lowest BCUT2D eigenvalue weighted by atomic mass is 10.1. The molecule has 0 saturated heterocycles. The molecule has 0 aliphatic carbocycles. The number of hydrogen-bond acceptors (Lipinski definition) is 4. The second kappa shape index (κ2) is 5.76. The van der Waals surface area contributed by atoms with Crippen LogP contribution < -0.4 is 0 Å². The highest BCUT2D eigenvalue weighted by atomic mass is 16.5. The van der Waals surface area contributed by atoms with Crippen LogP contribution in [0, 0.1) is 0 Å². The Morgan fingerprint density at radius 1 is 1.29 bits per heavy atom. The predicted octanol–water partition coefficient (Wildman–Crippen LogP) is 2.76. The minimum absolute atomic E-state index is 0.209. The van der Waals surface area contributed by atoms with E-state index in [0.717, 1.165) is 5.56 Å². The van der Waals surface area contributed by atoms with Crippen LogP contribution in [0.1, 0.15) is 5.56 Å². The van der Waals surface area contributed by atoms with Crippen molar-refractivity contribution in [2.45, 2.75) is 0 Å². The third kappa shape index (κ3) is 2.78. The molecule has 0 saturated carbocycles. The highest BCUT2D eigenvalue weighted by Gasteiger charge is 2.08. The number of para-hydroxylation sites is 1. The molecule has 0 aliphatic heterocycles. The van der Waals surface area contributed by atoms with Crippen LogP contribution in [0.5, 0.6) is 5.75 Å². The summed E-state index contributed by atoms with van der Waals surface area (Å²) in [5, 5.41) is 9.89. The number of fused-ring (bicyclic) bond motifs is 1. The van der Waals surface area contributed by atoms with E-state index in [0.29, 0.717) is 23.6 Å². The van der Waals surface area contributed by atoms with Gasteiger partial charge >= 0.3 is 0 Å². The van der Waals surface area contributed by atoms with Crippen molar-refractivity contribution in [3.8, 4) is 17.0 Å². The zero-order valence-electron chi connectivity index (χ0n) is 11.6. The van der Waals surface area contributed by atoms with Gasteiger partial charge in [-0.05, 0) is 12.1 Å². The molecule has 3 rings (SSSR count). The largest absolute Gasteiger partial charge is 0.507 e. The van der Waals surface area contributed by atoms with E-state index in [2.05, 4.69) is 9.97 Å². The number of ether oxygens (including phenoxy) is 1. The first kappa shape index (κ1) is 13.3. The van der Waals surface area contributed by atoms with Gasteiger partial charge in [0.05, 0.1) is 12.3 Å². The number of nitrogens with zero attached hydrogens (tertiary/aromatic N) is 3. The van der Waals surface area contributed by atoms with Crippen LogP contribution in [-0.4, -0.2) is 33.2 Å². The third-order valence-electron chi connectivity index (χ3n) is 3.08. The number of aromatic nitrogens is 3. The average Bonchev–Trinajstić information content (AvgIpc) is 2.91. The van der Waals surface area contributed by atoms with Gasteiger partial charge < -0.3 is 9.84 Å². The summed E-state index contributed by atoms with van der Waals surface area (Å²) in [6, 6.07) is 7.12. The standard InChI is InChI=1S/C16H15N3O2/c1-21-8-4-5-12-9-17-16-18-14(11-19(16)10-12)13-6-2-3-7-15(13)20/h2-7,9-11,20H,8H2,1H3/b5-4+. The van der Waals surface area contributed by atoms with Gasteiger partial charge in [-0.2, -0.15) is 0 Å². The molecule has 106 valence electrons. The quantitative estimate of drug-likeness (QED) is 0.799. The third-order valence-corrected chi connectivity index (χ3v) is 3.08. The molecule has 5 heteroatoms. The number of hydrogen-bond donors (Lipinski definition) is 1. The van der Waals surface area contributed by atoms with Gasteiger partial charge in [-0.25, -0.2) is 9.97 Å². The molecule has 0 amide bonds. The van der Waals surface area contributed by atoms with Crippen LogP contribution in [0.25, 0.3) is 23.1 Å². The number of benzene rings is 1. The zero-order valence-corrected chi connectivity index (χ0v) is 11.6. The first-order valence-electron chi connectivity index (χ1n) is 6.56. The SMILES string of the molecule is COC/C=C/c1cnc2nc(-c3ccccc3O)cn2c1. The van der Waals surface area contributed by atoms with E-state index >= 15 is 0 Å². The highest BCUT2D eigenvalue weighted by Crippen LogP contribution is 2.27. The van der Waals surface area contributed by atoms with Gasteiger partial charge in [0.15, 0.2) is 0 Å². The Balaban J connectivity index is 1.99. The number of aromatic hydroxyl groups is 1. The van der Waals surface area contributed by atoms with Crippen molar-refractivity contribution >= 4 is 11.9 Å². The fourth-order valence-electron chi connectivity index (χ4n) is 2.09. The summed E-state index contributed by atoms with van der Waals surface area (Å²) in [4.78, 5) is 8.74. The fraction of sp³-hybridized carbons (Fsp3) is 0.125. The molecule has 3 aromatic rings. The Kier molecular flexibility index (Phi) is 3.66. The van der Waals surface area contributed by atoms with Gasteiger partial charge in [0.1, 0.15) is 5.75 Å². The topological polar surface area (TPSA) is 59.7 Å². The summed E-state index contributed by atoms with van der Waals surface area (Å²) in [7, 11) is 1.65. The van der Waals surface area contributed by atoms with Crippen LogP contribution in [0.4, 0.5) is 0 Å². The molecule has 0 atom stereocenters. The van der Waals surface area contributed by atoms with Crippen LogP contribution >= 0.6 is 0 Å². The van der Waals surface area contributed by atoms with Gasteiger partial charge in [0.25, 0.3) is 0 Å². The summed E-state index contributed by atoms with van der Waals surface area (Å²) in [6.45, 7) is 0.561. The number of methoxy groups -OCH3 is 1. The molecule has 0 spiro atoms. The summed E-state index contributed by atoms with van der Waals surface area (Å²) in [6.07, 6.45) is 9.40. The molecule has 2 heterocycles. The fourth-order valence-corrected chi connectivity index (χ4v) is 2.09. The van der Waals surface area contributed by atoms with Gasteiger partial charge in [-0.1, -0.05) is 24.3 Å². The Bertz CT molecular complexity index is 793. The molecule has 2 aromatic heterocycles. The minimum atomic E-state index is 0.209. The minimum Gasteiger partial charge on any atom is -0.507 e. The average molecular weight is 281 g/mol. The molecular formula is C16H15N3O2. The second-order valence-electron chi connectivity index (χ2n) is 4.60. The van der Waals surface area contributed by atoms with Gasteiger partial charge in [-0.3, -0.25) is 4.40 Å². The lowest BCUT2D eigenvalue weighted by Crippen LogP contribution is -1.88. The summed E-state index contributed by atoms with van der Waals surface area (Å²) >= 11 is 0. The lowest BCUT2D eigenvalue weighted by molar-refractivity contribution is 0.234. The first-order chi connectivity index (χ1) is 10.3. The highest BCUT2D eigenvalue weighted by molar-refractivity contribution is 5.68. The molecule has 0 unspecified atom stereocenters. The van der Waals surface area contributed by atoms with E-state index in [-0.39, 0.29) is 5.75 Å². The van der Waals surface area contributed by atoms with E-state index in [1.165, 1.54) is 0 Å². The van der Waals surface area contributed by atoms with Crippen molar-refractivity contribution in [1.29, 1.82) is 0 Å². The van der Waals surface area contributed by atoms with Crippen LogP contribution in [-0.2, 0) is 4.74 Å². The first-order valence-corrected chi connectivity index (χ1v) is 6.56. The van der Waals surface area contributed by atoms with E-state index in [1.54, 1.807) is 25.4 Å². The predicted molar refractivity (Wildman–Crippen MR) is 81.0 cm³/mol. The lowest BCUT2D eigenvalue weighted by Gasteiger charge is -1.98. The smallest absolute Gasteiger partial charge is 0.234 e. The Morgan fingerprint density at radius 2 is 2.14 bits per heavy atom. The van der Waals surface area contributed by atoms with E-state index in [9.17, 15) is 5.11 Å². The van der Waals surface area contributed by atoms with E-state index < -0.39 is 0 Å². The van der Waals surface area contributed by atoms with Crippen molar-refractivity contribution in [2.75, 3.05) is 13.7 Å². The van der Waals surface area contributed by atoms with Crippen molar-refractivity contribution in [1.82, 2.24) is 14.4 Å². The number of phenolic OH excluding ortho intramolecular Hbond substituents is 1. The maximum atomic E-state index is 9.89. The summed E-state index contributed by atoms with van der Waals surface area (Å²) in [5.74, 6) is 0.804. The molecule has 0 bridgehead atoms. The number of rotatable bonds is 4. The Labute approximate surface area is 122 Å². The maximum absolute atomic E-state index is 9.89. The van der Waals surface area contributed by atoms with E-state index in [4.69, 9.17) is 4.74 Å². The van der Waals surface area contributed by atoms with Gasteiger partial charge in [0, 0.05) is 36.8 Å². The van der Waals surface area contributed by atoms with Crippen molar-refractivity contribution in [3.05, 3.63) is 54.5 Å². The molecule has 21 heavy (non-hydrogen) atoms. The Morgan fingerprint density at radius 3 is 2.95 bits per heavy atom. The monoisotopic (exact) mass is 281 g/mol. The molecule has 0 aliphatic rings. The normalized spacial score (nSPS) is 11.5. The van der Waals surface area contributed by atoms with Crippen LogP contribution in [0.15, 0.2) is 48.9 Å². The zero-order chi connectivity index (χ0) is 14.7. The van der Waals surface area contributed by atoms with Crippen molar-refractivity contribution in [2.24, 2.45) is 0 Å². The molecule has 1 aromatic carbocycles. The van der Waals surface area contributed by atoms with Crippen molar-refractivity contribution in [3.63, 3.8) is 0 Å². The molecule has 0 fully saturated rings. The number of imidazole rings is 1. The summed E-state index contributed by atoms with van der Waals surface area (Å²) < 4.78 is 6.81. The van der Waals surface area contributed by atoms with Crippen molar-refractivity contribution < 1.29 is 9.84 Å². The maximum Gasteiger partial charge on any atom is 0.234 e. The Hall–Kier alpha value is -2.66. The number of phenols is 1. The summed E-state index contributed by atoms with van der Waals surface area (Å²) in [5.41, 5.74) is 2.35. The van der Waals surface area contributed by atoms with Crippen LogP contribution in [0.3, 0.4) is 0 Å². The van der Waals surface area contributed by atoms with Gasteiger partial charge in [-0.15, -0.1) is 0 Å². The van der Waals surface area contributed by atoms with Crippen LogP contribution in [0.2, 0.25) is 0 Å². The molecule has 5 nitrogen and oxygen atoms in total. The second-order valence-corrected chi connectivity index (χ2v) is 4.60. The molecule has 1 N–H and O–H groups in total. The van der Waals surface area contributed by atoms with Gasteiger partial charge in [0.2, 0.25) is 5.78 Å². The molecule has 0 radical (unpaired) electrons. The van der Waals surface area contributed by atoms with E-state index in [1.807, 2.05) is 41.1 Å². The molecular weight excluding hydrogens is 266 g/mol.